The molecular formula is C8H11ClN2O2. The second-order valence-corrected chi connectivity index (χ2v) is 2.27. The third-order valence-corrected chi connectivity index (χ3v) is 1.37. The predicted octanol–water partition coefficient (Wildman–Crippen LogP) is 1.63. The van der Waals surface area contributed by atoms with Crippen LogP contribution in [-0.2, 0) is 0 Å². The molecule has 0 radical (unpaired) electrons. The molecule has 1 aromatic heterocycles. The molecule has 0 saturated carbocycles. The highest BCUT2D eigenvalue weighted by Gasteiger charge is 2.01. The van der Waals surface area contributed by atoms with Crippen molar-refractivity contribution in [3.05, 3.63) is 23.9 Å². The minimum Gasteiger partial charge on any atom is -0.478 e. The molecule has 4 nitrogen and oxygen atoms in total. The second kappa shape index (κ2) is 5.37. The van der Waals surface area contributed by atoms with Crippen LogP contribution in [0.1, 0.15) is 17.3 Å². The van der Waals surface area contributed by atoms with Crippen molar-refractivity contribution in [2.24, 2.45) is 0 Å². The summed E-state index contributed by atoms with van der Waals surface area (Å²) in [6, 6.07) is 3.17. The monoisotopic (exact) mass is 202 g/mol. The number of pyridine rings is 1. The SMILES string of the molecule is CCNc1ccc(C(=O)O)cn1.Cl. The number of aromatic carboxylic acids is 1. The number of hydrogen-bond acceptors (Lipinski definition) is 3. The minimum absolute atomic E-state index is 0. The summed E-state index contributed by atoms with van der Waals surface area (Å²) >= 11 is 0. The van der Waals surface area contributed by atoms with E-state index in [9.17, 15) is 4.79 Å². The highest BCUT2D eigenvalue weighted by atomic mass is 35.5. The van der Waals surface area contributed by atoms with Gasteiger partial charge < -0.3 is 10.4 Å². The average Bonchev–Trinajstić information content (AvgIpc) is 2.06. The Hall–Kier alpha value is -1.29. The molecule has 1 aromatic rings. The predicted molar refractivity (Wildman–Crippen MR) is 52.6 cm³/mol. The number of carboxylic acid groups (broad SMARTS) is 1. The van der Waals surface area contributed by atoms with Crippen molar-refractivity contribution in [3.8, 4) is 0 Å². The number of carboxylic acids is 1. The molecule has 0 bridgehead atoms. The zero-order chi connectivity index (χ0) is 8.97. The lowest BCUT2D eigenvalue weighted by atomic mass is 10.3. The first-order valence-electron chi connectivity index (χ1n) is 3.67. The quantitative estimate of drug-likeness (QED) is 0.782. The Labute approximate surface area is 82.4 Å². The van der Waals surface area contributed by atoms with Crippen molar-refractivity contribution in [3.63, 3.8) is 0 Å². The smallest absolute Gasteiger partial charge is 0.337 e. The van der Waals surface area contributed by atoms with Crippen LogP contribution in [0, 0.1) is 0 Å². The second-order valence-electron chi connectivity index (χ2n) is 2.27. The number of nitrogens with one attached hydrogen (secondary N) is 1. The summed E-state index contributed by atoms with van der Waals surface area (Å²) in [5.74, 6) is -0.256. The molecule has 0 unspecified atom stereocenters. The van der Waals surface area contributed by atoms with E-state index >= 15 is 0 Å². The van der Waals surface area contributed by atoms with E-state index in [1.54, 1.807) is 6.07 Å². The number of anilines is 1. The molecule has 0 saturated heterocycles. The van der Waals surface area contributed by atoms with Gasteiger partial charge in [-0.3, -0.25) is 0 Å². The van der Waals surface area contributed by atoms with E-state index in [0.717, 1.165) is 6.54 Å². The van der Waals surface area contributed by atoms with Crippen LogP contribution in [0.4, 0.5) is 5.82 Å². The third-order valence-electron chi connectivity index (χ3n) is 1.37. The Bertz CT molecular complexity index is 274. The molecule has 0 aliphatic rings. The molecule has 13 heavy (non-hydrogen) atoms. The normalized spacial score (nSPS) is 8.69. The van der Waals surface area contributed by atoms with Crippen molar-refractivity contribution in [2.75, 3.05) is 11.9 Å². The van der Waals surface area contributed by atoms with Gasteiger partial charge in [0.1, 0.15) is 5.82 Å². The molecule has 5 heteroatoms. The fraction of sp³-hybridized carbons (Fsp3) is 0.250. The van der Waals surface area contributed by atoms with E-state index in [0.29, 0.717) is 5.82 Å². The van der Waals surface area contributed by atoms with E-state index in [-0.39, 0.29) is 18.0 Å². The molecule has 1 rings (SSSR count). The van der Waals surface area contributed by atoms with Crippen LogP contribution in [0.25, 0.3) is 0 Å². The topological polar surface area (TPSA) is 62.2 Å². The first-order valence-corrected chi connectivity index (χ1v) is 3.67. The Morgan fingerprint density at radius 2 is 2.31 bits per heavy atom. The summed E-state index contributed by atoms with van der Waals surface area (Å²) < 4.78 is 0. The van der Waals surface area contributed by atoms with E-state index in [1.807, 2.05) is 6.92 Å². The van der Waals surface area contributed by atoms with Crippen molar-refractivity contribution in [1.29, 1.82) is 0 Å². The number of hydrogen-bond donors (Lipinski definition) is 2. The van der Waals surface area contributed by atoms with Gasteiger partial charge in [0.05, 0.1) is 5.56 Å². The largest absolute Gasteiger partial charge is 0.478 e. The van der Waals surface area contributed by atoms with Gasteiger partial charge >= 0.3 is 5.97 Å². The molecule has 1 heterocycles. The lowest BCUT2D eigenvalue weighted by molar-refractivity contribution is 0.0696. The third kappa shape index (κ3) is 3.29. The van der Waals surface area contributed by atoms with Crippen molar-refractivity contribution in [1.82, 2.24) is 4.98 Å². The van der Waals surface area contributed by atoms with Crippen LogP contribution in [-0.4, -0.2) is 22.6 Å². The van der Waals surface area contributed by atoms with Gasteiger partial charge in [-0.2, -0.15) is 0 Å². The minimum atomic E-state index is -0.953. The maximum absolute atomic E-state index is 10.4. The van der Waals surface area contributed by atoms with Gasteiger partial charge in [-0.1, -0.05) is 0 Å². The number of halogens is 1. The molecular weight excluding hydrogens is 192 g/mol. The van der Waals surface area contributed by atoms with Crippen molar-refractivity contribution < 1.29 is 9.90 Å². The molecule has 0 fully saturated rings. The molecule has 0 amide bonds. The summed E-state index contributed by atoms with van der Waals surface area (Å²) in [6.07, 6.45) is 1.33. The number of nitrogens with zero attached hydrogens (tertiary/aromatic N) is 1. The fourth-order valence-electron chi connectivity index (χ4n) is 0.806. The van der Waals surface area contributed by atoms with Crippen LogP contribution < -0.4 is 5.32 Å². The number of aromatic nitrogens is 1. The van der Waals surface area contributed by atoms with Gasteiger partial charge in [0.25, 0.3) is 0 Å². The Kier molecular flexibility index (Phi) is 4.84. The molecule has 2 N–H and O–H groups in total. The highest BCUT2D eigenvalue weighted by molar-refractivity contribution is 5.87. The van der Waals surface area contributed by atoms with Crippen LogP contribution in [0.2, 0.25) is 0 Å². The molecule has 0 aromatic carbocycles. The fourth-order valence-corrected chi connectivity index (χ4v) is 0.806. The van der Waals surface area contributed by atoms with E-state index < -0.39 is 5.97 Å². The van der Waals surface area contributed by atoms with Gasteiger partial charge in [0, 0.05) is 12.7 Å². The summed E-state index contributed by atoms with van der Waals surface area (Å²) in [6.45, 7) is 2.73. The molecule has 0 aliphatic heterocycles. The summed E-state index contributed by atoms with van der Waals surface area (Å²) in [5.41, 5.74) is 0.205. The van der Waals surface area contributed by atoms with Crippen LogP contribution in [0.15, 0.2) is 18.3 Å². The number of carbonyl (C=O) groups is 1. The maximum Gasteiger partial charge on any atom is 0.337 e. The van der Waals surface area contributed by atoms with Crippen LogP contribution >= 0.6 is 12.4 Å². The average molecular weight is 203 g/mol. The molecule has 72 valence electrons. The standard InChI is InChI=1S/C8H10N2O2.ClH/c1-2-9-7-4-3-6(5-10-7)8(11)12;/h3-5H,2H2,1H3,(H,9,10)(H,11,12);1H. The summed E-state index contributed by atoms with van der Waals surface area (Å²) in [7, 11) is 0. The van der Waals surface area contributed by atoms with Crippen molar-refractivity contribution in [2.45, 2.75) is 6.92 Å². The lowest BCUT2D eigenvalue weighted by Crippen LogP contribution is -2.01. The number of rotatable bonds is 3. The lowest BCUT2D eigenvalue weighted by Gasteiger charge is -2.00. The molecule has 0 spiro atoms. The van der Waals surface area contributed by atoms with Crippen LogP contribution in [0.5, 0.6) is 0 Å². The first-order chi connectivity index (χ1) is 5.74. The van der Waals surface area contributed by atoms with E-state index in [2.05, 4.69) is 10.3 Å². The van der Waals surface area contributed by atoms with Gasteiger partial charge in [0.2, 0.25) is 0 Å². The van der Waals surface area contributed by atoms with Gasteiger partial charge in [-0.15, -0.1) is 12.4 Å². The van der Waals surface area contributed by atoms with Crippen molar-refractivity contribution >= 4 is 24.2 Å². The first kappa shape index (κ1) is 11.7. The Balaban J connectivity index is 0.00000144. The Morgan fingerprint density at radius 3 is 2.69 bits per heavy atom. The van der Waals surface area contributed by atoms with Gasteiger partial charge in [-0.25, -0.2) is 9.78 Å². The zero-order valence-corrected chi connectivity index (χ0v) is 7.97. The highest BCUT2D eigenvalue weighted by Crippen LogP contribution is 2.03. The maximum atomic E-state index is 10.4. The van der Waals surface area contributed by atoms with Crippen LogP contribution in [0.3, 0.4) is 0 Å². The van der Waals surface area contributed by atoms with E-state index in [1.165, 1.54) is 12.3 Å². The van der Waals surface area contributed by atoms with E-state index in [4.69, 9.17) is 5.11 Å². The summed E-state index contributed by atoms with van der Waals surface area (Å²) in [4.78, 5) is 14.3. The van der Waals surface area contributed by atoms with Gasteiger partial charge in [0.15, 0.2) is 0 Å². The molecule has 0 atom stereocenters. The summed E-state index contributed by atoms with van der Waals surface area (Å²) in [5, 5.41) is 11.5. The zero-order valence-electron chi connectivity index (χ0n) is 7.15. The van der Waals surface area contributed by atoms with Gasteiger partial charge in [-0.05, 0) is 19.1 Å². The molecule has 0 aliphatic carbocycles. The Morgan fingerprint density at radius 1 is 1.62 bits per heavy atom.